The number of rotatable bonds is 12. The highest BCUT2D eigenvalue weighted by molar-refractivity contribution is 7.13. The number of carbonyl (C=O) groups excluding carboxylic acids is 2. The van der Waals surface area contributed by atoms with Crippen LogP contribution >= 0.6 is 11.3 Å². The molecule has 0 bridgehead atoms. The topological polar surface area (TPSA) is 96.3 Å². The largest absolute Gasteiger partial charge is 0.465 e. The molecule has 2 aromatic rings. The lowest BCUT2D eigenvalue weighted by Gasteiger charge is -2.27. The van der Waals surface area contributed by atoms with E-state index in [0.29, 0.717) is 10.6 Å². The normalized spacial score (nSPS) is 19.2. The molecule has 2 N–H and O–H groups in total. The summed E-state index contributed by atoms with van der Waals surface area (Å²) in [7, 11) is 1.34. The third-order valence-electron chi connectivity index (χ3n) is 6.03. The number of benzene rings is 1. The molecular weight excluding hydrogens is 442 g/mol. The highest BCUT2D eigenvalue weighted by Gasteiger charge is 2.39. The number of thiophene rings is 1. The molecule has 1 aliphatic heterocycles. The maximum Gasteiger partial charge on any atom is 0.348 e. The number of nitrogens with zero attached hydrogens (tertiary/aromatic N) is 1. The molecule has 0 radical (unpaired) electrons. The van der Waals surface area contributed by atoms with Gasteiger partial charge >= 0.3 is 5.97 Å². The van der Waals surface area contributed by atoms with Crippen LogP contribution in [-0.4, -0.2) is 54.6 Å². The Balaban J connectivity index is 1.62. The Morgan fingerprint density at radius 1 is 1.21 bits per heavy atom. The molecule has 1 fully saturated rings. The van der Waals surface area contributed by atoms with Gasteiger partial charge in [-0.2, -0.15) is 0 Å². The van der Waals surface area contributed by atoms with Crippen molar-refractivity contribution >= 4 is 28.9 Å². The Kier molecular flexibility index (Phi) is 9.43. The number of ether oxygens (including phenoxy) is 2. The van der Waals surface area contributed by atoms with Gasteiger partial charge in [0.25, 0.3) is 0 Å². The first kappa shape index (κ1) is 25.4. The third-order valence-corrected chi connectivity index (χ3v) is 7.07. The summed E-state index contributed by atoms with van der Waals surface area (Å²) in [6.07, 6.45) is 3.53. The van der Waals surface area contributed by atoms with Crippen LogP contribution in [0.15, 0.2) is 36.4 Å². The van der Waals surface area contributed by atoms with Gasteiger partial charge in [-0.15, -0.1) is 11.3 Å². The van der Waals surface area contributed by atoms with E-state index in [4.69, 9.17) is 9.47 Å². The van der Waals surface area contributed by atoms with E-state index in [2.05, 4.69) is 6.92 Å². The van der Waals surface area contributed by atoms with Crippen molar-refractivity contribution in [2.45, 2.75) is 63.7 Å². The summed E-state index contributed by atoms with van der Waals surface area (Å²) < 4.78 is 10.5. The molecule has 1 unspecified atom stereocenters. The minimum absolute atomic E-state index is 0.0531. The van der Waals surface area contributed by atoms with E-state index >= 15 is 0 Å². The maximum absolute atomic E-state index is 12.6. The molecule has 1 aliphatic rings. The number of aliphatic hydroxyl groups excluding tert-OH is 2. The van der Waals surface area contributed by atoms with E-state index in [9.17, 15) is 19.8 Å². The third kappa shape index (κ3) is 6.41. The summed E-state index contributed by atoms with van der Waals surface area (Å²) in [5.41, 5.74) is 1.76. The first-order valence-corrected chi connectivity index (χ1v) is 12.3. The van der Waals surface area contributed by atoms with Gasteiger partial charge in [0.05, 0.1) is 38.9 Å². The molecule has 1 saturated heterocycles. The highest BCUT2D eigenvalue weighted by atomic mass is 32.1. The van der Waals surface area contributed by atoms with Crippen molar-refractivity contribution in [2.24, 2.45) is 0 Å². The Bertz CT molecular complexity index is 912. The number of aliphatic hydroxyl groups is 2. The van der Waals surface area contributed by atoms with E-state index in [1.807, 2.05) is 30.3 Å². The Hall–Kier alpha value is -2.26. The molecule has 7 nitrogen and oxygen atoms in total. The van der Waals surface area contributed by atoms with Gasteiger partial charge in [0.2, 0.25) is 5.91 Å². The van der Waals surface area contributed by atoms with Gasteiger partial charge < -0.3 is 24.6 Å². The standard InChI is InChI=1S/C25H33NO6S/c1-3-4-5-6-18(14-27)17-7-9-19(10-8-17)26-21(22(28)13-24(26)29)16-32-15-20-11-12-23(33-20)25(30)31-2/h7-12,18,21-22,27-28H,3-6,13-16H2,1-2H3/t18?,21-,22-/m0/s1. The van der Waals surface area contributed by atoms with Crippen LogP contribution in [0.25, 0.3) is 0 Å². The molecule has 180 valence electrons. The Labute approximate surface area is 198 Å². The summed E-state index contributed by atoms with van der Waals surface area (Å²) in [5.74, 6) is -0.439. The fourth-order valence-electron chi connectivity index (χ4n) is 4.15. The number of amides is 1. The number of carbonyl (C=O) groups is 2. The fourth-order valence-corrected chi connectivity index (χ4v) is 5.01. The highest BCUT2D eigenvalue weighted by Crippen LogP contribution is 2.30. The lowest BCUT2D eigenvalue weighted by atomic mass is 9.93. The molecule has 0 spiro atoms. The molecule has 3 atom stereocenters. The van der Waals surface area contributed by atoms with E-state index in [0.717, 1.165) is 36.1 Å². The molecular formula is C25H33NO6S. The van der Waals surface area contributed by atoms with Crippen molar-refractivity contribution in [1.29, 1.82) is 0 Å². The molecule has 1 aromatic carbocycles. The zero-order valence-electron chi connectivity index (χ0n) is 19.2. The summed E-state index contributed by atoms with van der Waals surface area (Å²) >= 11 is 1.30. The van der Waals surface area contributed by atoms with Crippen LogP contribution in [0.1, 0.15) is 65.1 Å². The first-order chi connectivity index (χ1) is 16.0. The Morgan fingerprint density at radius 2 is 1.97 bits per heavy atom. The van der Waals surface area contributed by atoms with E-state index in [-0.39, 0.29) is 44.0 Å². The minimum Gasteiger partial charge on any atom is -0.465 e. The van der Waals surface area contributed by atoms with Gasteiger partial charge in [0, 0.05) is 23.1 Å². The lowest BCUT2D eigenvalue weighted by Crippen LogP contribution is -2.40. The van der Waals surface area contributed by atoms with Crippen LogP contribution < -0.4 is 4.90 Å². The zero-order chi connectivity index (χ0) is 23.8. The van der Waals surface area contributed by atoms with Gasteiger partial charge in [0.15, 0.2) is 0 Å². The molecule has 2 heterocycles. The molecule has 0 saturated carbocycles. The van der Waals surface area contributed by atoms with Crippen LogP contribution in [0.5, 0.6) is 0 Å². The monoisotopic (exact) mass is 475 g/mol. The number of anilines is 1. The summed E-state index contributed by atoms with van der Waals surface area (Å²) in [6.45, 7) is 2.71. The molecule has 33 heavy (non-hydrogen) atoms. The summed E-state index contributed by atoms with van der Waals surface area (Å²) in [4.78, 5) is 27.2. The van der Waals surface area contributed by atoms with Gasteiger partial charge in [0.1, 0.15) is 4.88 Å². The van der Waals surface area contributed by atoms with Crippen molar-refractivity contribution < 1.29 is 29.3 Å². The van der Waals surface area contributed by atoms with Crippen molar-refractivity contribution in [3.05, 3.63) is 51.7 Å². The second-order valence-electron chi connectivity index (χ2n) is 8.34. The summed E-state index contributed by atoms with van der Waals surface area (Å²) in [5, 5.41) is 20.2. The molecule has 1 amide bonds. The smallest absolute Gasteiger partial charge is 0.348 e. The van der Waals surface area contributed by atoms with Crippen molar-refractivity contribution in [3.8, 4) is 0 Å². The second kappa shape index (κ2) is 12.3. The summed E-state index contributed by atoms with van der Waals surface area (Å²) in [6, 6.07) is 10.7. The molecule has 1 aromatic heterocycles. The molecule has 0 aliphatic carbocycles. The maximum atomic E-state index is 12.6. The van der Waals surface area contributed by atoms with E-state index in [1.54, 1.807) is 11.0 Å². The van der Waals surface area contributed by atoms with Crippen molar-refractivity contribution in [2.75, 3.05) is 25.2 Å². The predicted molar refractivity (Wildman–Crippen MR) is 128 cm³/mol. The average molecular weight is 476 g/mol. The van der Waals surface area contributed by atoms with Gasteiger partial charge in [-0.3, -0.25) is 4.79 Å². The van der Waals surface area contributed by atoms with Gasteiger partial charge in [-0.25, -0.2) is 4.79 Å². The Morgan fingerprint density at radius 3 is 2.64 bits per heavy atom. The molecule has 8 heteroatoms. The number of esters is 1. The first-order valence-electron chi connectivity index (χ1n) is 11.4. The average Bonchev–Trinajstić information content (AvgIpc) is 3.40. The van der Waals surface area contributed by atoms with Gasteiger partial charge in [-0.1, -0.05) is 38.3 Å². The van der Waals surface area contributed by atoms with E-state index in [1.165, 1.54) is 18.4 Å². The van der Waals surface area contributed by atoms with Crippen LogP contribution in [0.2, 0.25) is 0 Å². The number of hydrogen-bond acceptors (Lipinski definition) is 7. The second-order valence-corrected chi connectivity index (χ2v) is 9.51. The van der Waals surface area contributed by atoms with E-state index < -0.39 is 12.1 Å². The number of methoxy groups -OCH3 is 1. The minimum atomic E-state index is -0.814. The van der Waals surface area contributed by atoms with Crippen molar-refractivity contribution in [3.63, 3.8) is 0 Å². The van der Waals surface area contributed by atoms with Crippen LogP contribution in [0.3, 0.4) is 0 Å². The fraction of sp³-hybridized carbons (Fsp3) is 0.520. The number of hydrogen-bond donors (Lipinski definition) is 2. The van der Waals surface area contributed by atoms with Crippen LogP contribution in [0, 0.1) is 0 Å². The predicted octanol–water partition coefficient (Wildman–Crippen LogP) is 3.87. The van der Waals surface area contributed by atoms with Crippen LogP contribution in [0.4, 0.5) is 5.69 Å². The zero-order valence-corrected chi connectivity index (χ0v) is 20.1. The lowest BCUT2D eigenvalue weighted by molar-refractivity contribution is -0.117. The van der Waals surface area contributed by atoms with Crippen LogP contribution in [-0.2, 0) is 20.9 Å². The molecule has 3 rings (SSSR count). The van der Waals surface area contributed by atoms with Crippen molar-refractivity contribution in [1.82, 2.24) is 0 Å². The van der Waals surface area contributed by atoms with Gasteiger partial charge in [-0.05, 0) is 36.2 Å². The SMILES string of the molecule is CCCCCC(CO)c1ccc(N2C(=O)C[C@H](O)[C@@H]2COCc2ccc(C(=O)OC)s2)cc1. The number of unbranched alkanes of at least 4 members (excludes halogenated alkanes) is 2. The quantitative estimate of drug-likeness (QED) is 0.357.